The molecule has 2 aromatic carbocycles. The molecule has 0 spiro atoms. The zero-order valence-corrected chi connectivity index (χ0v) is 16.5. The van der Waals surface area contributed by atoms with E-state index in [9.17, 15) is 9.18 Å². The van der Waals surface area contributed by atoms with Crippen LogP contribution >= 0.6 is 34.5 Å². The SMILES string of the molecule is O=C(c1ccc(Cl)cc1Cl)N1CCC(Oc2nc3c(F)cccc3s2)CC1. The third-order valence-electron chi connectivity index (χ3n) is 4.51. The number of ether oxygens (including phenoxy) is 1. The van der Waals surface area contributed by atoms with Gasteiger partial charge in [-0.3, -0.25) is 4.79 Å². The van der Waals surface area contributed by atoms with Crippen LogP contribution in [0, 0.1) is 5.82 Å². The lowest BCUT2D eigenvalue weighted by molar-refractivity contribution is 0.0595. The normalized spacial score (nSPS) is 15.3. The third-order valence-corrected chi connectivity index (χ3v) is 5.97. The van der Waals surface area contributed by atoms with Crippen molar-refractivity contribution in [1.82, 2.24) is 9.88 Å². The molecule has 0 unspecified atom stereocenters. The minimum absolute atomic E-state index is 0.0571. The molecule has 1 amide bonds. The van der Waals surface area contributed by atoms with Crippen molar-refractivity contribution in [3.63, 3.8) is 0 Å². The number of halogens is 3. The number of thiazole rings is 1. The number of carbonyl (C=O) groups excluding carboxylic acids is 1. The van der Waals surface area contributed by atoms with Crippen molar-refractivity contribution < 1.29 is 13.9 Å². The van der Waals surface area contributed by atoms with E-state index in [-0.39, 0.29) is 17.8 Å². The summed E-state index contributed by atoms with van der Waals surface area (Å²) < 4.78 is 20.4. The van der Waals surface area contributed by atoms with Crippen molar-refractivity contribution in [3.8, 4) is 5.19 Å². The van der Waals surface area contributed by atoms with Gasteiger partial charge in [-0.15, -0.1) is 0 Å². The van der Waals surface area contributed by atoms with Crippen LogP contribution in [-0.4, -0.2) is 35.0 Å². The first kappa shape index (κ1) is 18.5. The lowest BCUT2D eigenvalue weighted by Gasteiger charge is -2.31. The molecule has 0 N–H and O–H groups in total. The Morgan fingerprint density at radius 3 is 2.70 bits per heavy atom. The highest BCUT2D eigenvalue weighted by molar-refractivity contribution is 7.20. The molecule has 0 radical (unpaired) electrons. The van der Waals surface area contributed by atoms with Crippen LogP contribution in [0.3, 0.4) is 0 Å². The van der Waals surface area contributed by atoms with Crippen molar-refractivity contribution in [1.29, 1.82) is 0 Å². The van der Waals surface area contributed by atoms with Crippen LogP contribution in [0.4, 0.5) is 4.39 Å². The van der Waals surface area contributed by atoms with E-state index in [1.165, 1.54) is 17.4 Å². The highest BCUT2D eigenvalue weighted by Gasteiger charge is 2.26. The number of likely N-dealkylation sites (tertiary alicyclic amines) is 1. The van der Waals surface area contributed by atoms with Gasteiger partial charge in [0, 0.05) is 31.0 Å². The van der Waals surface area contributed by atoms with E-state index in [2.05, 4.69) is 4.98 Å². The summed E-state index contributed by atoms with van der Waals surface area (Å²) in [6.45, 7) is 1.11. The fourth-order valence-corrected chi connectivity index (χ4v) is 4.48. The largest absolute Gasteiger partial charge is 0.467 e. The average Bonchev–Trinajstić information content (AvgIpc) is 3.06. The molecular weight excluding hydrogens is 410 g/mol. The van der Waals surface area contributed by atoms with Gasteiger partial charge in [0.05, 0.1) is 15.3 Å². The number of aromatic nitrogens is 1. The molecule has 2 heterocycles. The quantitative estimate of drug-likeness (QED) is 0.563. The second kappa shape index (κ2) is 7.62. The van der Waals surface area contributed by atoms with Crippen LogP contribution in [0.1, 0.15) is 23.2 Å². The van der Waals surface area contributed by atoms with Gasteiger partial charge >= 0.3 is 0 Å². The van der Waals surface area contributed by atoms with Crippen LogP contribution < -0.4 is 4.74 Å². The van der Waals surface area contributed by atoms with Gasteiger partial charge in [0.2, 0.25) is 0 Å². The molecular formula is C19H15Cl2FN2O2S. The van der Waals surface area contributed by atoms with Crippen LogP contribution in [0.2, 0.25) is 10.0 Å². The van der Waals surface area contributed by atoms with Gasteiger partial charge in [0.1, 0.15) is 17.4 Å². The zero-order valence-electron chi connectivity index (χ0n) is 14.1. The summed E-state index contributed by atoms with van der Waals surface area (Å²) >= 11 is 13.4. The van der Waals surface area contributed by atoms with Crippen molar-refractivity contribution in [2.24, 2.45) is 0 Å². The molecule has 1 fully saturated rings. The lowest BCUT2D eigenvalue weighted by Crippen LogP contribution is -2.41. The van der Waals surface area contributed by atoms with Crippen molar-refractivity contribution in [3.05, 3.63) is 57.8 Å². The predicted octanol–water partition coefficient (Wildman–Crippen LogP) is 5.43. The van der Waals surface area contributed by atoms with Crippen molar-refractivity contribution in [2.75, 3.05) is 13.1 Å². The van der Waals surface area contributed by atoms with Crippen LogP contribution in [0.15, 0.2) is 36.4 Å². The first-order valence-electron chi connectivity index (χ1n) is 8.47. The Balaban J connectivity index is 1.39. The summed E-state index contributed by atoms with van der Waals surface area (Å²) in [5.41, 5.74) is 0.782. The van der Waals surface area contributed by atoms with Gasteiger partial charge in [0.25, 0.3) is 11.1 Å². The molecule has 1 saturated heterocycles. The molecule has 0 bridgehead atoms. The Bertz CT molecular complexity index is 1000. The van der Waals surface area contributed by atoms with E-state index in [0.717, 1.165) is 4.70 Å². The van der Waals surface area contributed by atoms with Gasteiger partial charge in [0.15, 0.2) is 0 Å². The zero-order chi connectivity index (χ0) is 19.0. The van der Waals surface area contributed by atoms with Crippen molar-refractivity contribution in [2.45, 2.75) is 18.9 Å². The smallest absolute Gasteiger partial charge is 0.274 e. The minimum Gasteiger partial charge on any atom is -0.467 e. The second-order valence-corrected chi connectivity index (χ2v) is 8.14. The average molecular weight is 425 g/mol. The second-order valence-electron chi connectivity index (χ2n) is 6.30. The maximum Gasteiger partial charge on any atom is 0.274 e. The maximum atomic E-state index is 13.8. The van der Waals surface area contributed by atoms with Gasteiger partial charge < -0.3 is 9.64 Å². The Hall–Kier alpha value is -1.89. The highest BCUT2D eigenvalue weighted by Crippen LogP contribution is 2.31. The van der Waals surface area contributed by atoms with E-state index in [0.29, 0.717) is 52.3 Å². The molecule has 1 aliphatic heterocycles. The fraction of sp³-hybridized carbons (Fsp3) is 0.263. The number of rotatable bonds is 3. The first-order valence-corrected chi connectivity index (χ1v) is 10.0. The number of para-hydroxylation sites is 1. The summed E-state index contributed by atoms with van der Waals surface area (Å²) in [7, 11) is 0. The van der Waals surface area contributed by atoms with Crippen molar-refractivity contribution >= 4 is 50.7 Å². The lowest BCUT2D eigenvalue weighted by atomic mass is 10.1. The van der Waals surface area contributed by atoms with E-state index < -0.39 is 0 Å². The monoisotopic (exact) mass is 424 g/mol. The molecule has 0 atom stereocenters. The molecule has 140 valence electrons. The molecule has 27 heavy (non-hydrogen) atoms. The fourth-order valence-electron chi connectivity index (χ4n) is 3.10. The van der Waals surface area contributed by atoms with Crippen LogP contribution in [-0.2, 0) is 0 Å². The Kier molecular flexibility index (Phi) is 5.21. The molecule has 4 nitrogen and oxygen atoms in total. The molecule has 8 heteroatoms. The Morgan fingerprint density at radius 2 is 2.00 bits per heavy atom. The third kappa shape index (κ3) is 3.88. The summed E-state index contributed by atoms with van der Waals surface area (Å²) in [6, 6.07) is 9.73. The molecule has 3 aromatic rings. The Labute approximate surface area is 169 Å². The number of benzene rings is 2. The molecule has 4 rings (SSSR count). The number of piperidine rings is 1. The number of hydrogen-bond donors (Lipinski definition) is 0. The predicted molar refractivity (Wildman–Crippen MR) is 106 cm³/mol. The summed E-state index contributed by atoms with van der Waals surface area (Å²) in [4.78, 5) is 18.7. The molecule has 1 aromatic heterocycles. The topological polar surface area (TPSA) is 42.4 Å². The van der Waals surface area contributed by atoms with E-state index >= 15 is 0 Å². The van der Waals surface area contributed by atoms with Gasteiger partial charge in [-0.25, -0.2) is 4.39 Å². The summed E-state index contributed by atoms with van der Waals surface area (Å²) in [5, 5.41) is 1.30. The van der Waals surface area contributed by atoms with E-state index in [1.54, 1.807) is 29.2 Å². The first-order chi connectivity index (χ1) is 13.0. The number of hydrogen-bond acceptors (Lipinski definition) is 4. The molecule has 1 aliphatic rings. The van der Waals surface area contributed by atoms with Crippen LogP contribution in [0.5, 0.6) is 5.19 Å². The molecule has 0 saturated carbocycles. The summed E-state index contributed by atoms with van der Waals surface area (Å²) in [6.07, 6.45) is 1.29. The maximum absolute atomic E-state index is 13.8. The highest BCUT2D eigenvalue weighted by atomic mass is 35.5. The van der Waals surface area contributed by atoms with Gasteiger partial charge in [-0.05, 0) is 30.3 Å². The number of carbonyl (C=O) groups is 1. The molecule has 0 aliphatic carbocycles. The van der Waals surface area contributed by atoms with E-state index in [4.69, 9.17) is 27.9 Å². The van der Waals surface area contributed by atoms with Gasteiger partial charge in [-0.2, -0.15) is 4.98 Å². The number of amides is 1. The minimum atomic E-state index is -0.348. The number of fused-ring (bicyclic) bond motifs is 1. The van der Waals surface area contributed by atoms with E-state index in [1.807, 2.05) is 6.07 Å². The Morgan fingerprint density at radius 1 is 1.22 bits per heavy atom. The number of nitrogens with zero attached hydrogens (tertiary/aromatic N) is 2. The van der Waals surface area contributed by atoms with Crippen LogP contribution in [0.25, 0.3) is 10.2 Å². The van der Waals surface area contributed by atoms with Gasteiger partial charge in [-0.1, -0.05) is 40.6 Å². The summed E-state index contributed by atoms with van der Waals surface area (Å²) in [5.74, 6) is -0.462. The standard InChI is InChI=1S/C19H15Cl2FN2O2S/c20-11-4-5-13(14(21)10-11)18(25)24-8-6-12(7-9-24)26-19-23-17-15(22)2-1-3-16(17)27-19/h1-5,10,12H,6-9H2.